The van der Waals surface area contributed by atoms with Crippen molar-refractivity contribution in [2.45, 2.75) is 24.9 Å². The van der Waals surface area contributed by atoms with Gasteiger partial charge in [0, 0.05) is 0 Å². The van der Waals surface area contributed by atoms with E-state index in [0.717, 1.165) is 23.4 Å². The van der Waals surface area contributed by atoms with Crippen molar-refractivity contribution in [2.24, 2.45) is 0 Å². The second kappa shape index (κ2) is 9.77. The molecule has 0 aliphatic carbocycles. The van der Waals surface area contributed by atoms with Gasteiger partial charge in [-0.1, -0.05) is 61.5 Å². The van der Waals surface area contributed by atoms with Crippen LogP contribution in [0.4, 0.5) is 10.1 Å². The van der Waals surface area contributed by atoms with Gasteiger partial charge in [-0.2, -0.15) is 0 Å². The zero-order valence-electron chi connectivity index (χ0n) is 18.0. The van der Waals surface area contributed by atoms with Crippen LogP contribution in [0.15, 0.2) is 76.7 Å². The monoisotopic (exact) mass is 481 g/mol. The van der Waals surface area contributed by atoms with E-state index in [4.69, 9.17) is 11.6 Å². The average Bonchev–Trinajstić information content (AvgIpc) is 2.80. The molecular weight excluding hydrogens is 461 g/mol. The molecule has 0 aliphatic rings. The number of amides is 1. The molecule has 1 aromatic heterocycles. The van der Waals surface area contributed by atoms with E-state index in [2.05, 4.69) is 24.1 Å². The lowest BCUT2D eigenvalue weighted by Gasteiger charge is -2.14. The topological polar surface area (TPSA) is 64.0 Å². The standard InChI is InChI=1S/C25H21ClFN3O2S/c1-15(2)16-7-10-18(11-8-16)30-24(32)19-5-3-4-6-21(19)29-25(30)33-14-23(31)28-22-12-9-17(27)13-20(22)26/h3-13,15H,14H2,1-2H3,(H,28,31). The summed E-state index contributed by atoms with van der Waals surface area (Å²) in [6, 6.07) is 18.6. The molecule has 8 heteroatoms. The zero-order chi connectivity index (χ0) is 23.5. The van der Waals surface area contributed by atoms with Gasteiger partial charge >= 0.3 is 0 Å². The first-order valence-electron chi connectivity index (χ1n) is 10.3. The van der Waals surface area contributed by atoms with Crippen molar-refractivity contribution in [1.82, 2.24) is 9.55 Å². The Kier molecular flexibility index (Phi) is 6.81. The van der Waals surface area contributed by atoms with Crippen molar-refractivity contribution in [2.75, 3.05) is 11.1 Å². The van der Waals surface area contributed by atoms with Gasteiger partial charge in [0.25, 0.3) is 5.56 Å². The van der Waals surface area contributed by atoms with Gasteiger partial charge in [-0.05, 0) is 53.9 Å². The third kappa shape index (κ3) is 5.10. The average molecular weight is 482 g/mol. The van der Waals surface area contributed by atoms with Gasteiger partial charge in [-0.3, -0.25) is 14.2 Å². The minimum absolute atomic E-state index is 0.0113. The van der Waals surface area contributed by atoms with Gasteiger partial charge < -0.3 is 5.32 Å². The second-order valence-corrected chi connectivity index (χ2v) is 9.11. The summed E-state index contributed by atoms with van der Waals surface area (Å²) in [5.74, 6) is -0.484. The SMILES string of the molecule is CC(C)c1ccc(-n2c(SCC(=O)Nc3ccc(F)cc3Cl)nc3ccccc3c2=O)cc1. The number of para-hydroxylation sites is 1. The summed E-state index contributed by atoms with van der Waals surface area (Å²) in [6.07, 6.45) is 0. The molecular formula is C25H21ClFN3O2S. The number of benzene rings is 3. The predicted molar refractivity (Wildman–Crippen MR) is 132 cm³/mol. The highest BCUT2D eigenvalue weighted by Crippen LogP contribution is 2.25. The predicted octanol–water partition coefficient (Wildman–Crippen LogP) is 6.03. The summed E-state index contributed by atoms with van der Waals surface area (Å²) in [6.45, 7) is 4.21. The summed E-state index contributed by atoms with van der Waals surface area (Å²) in [5, 5.41) is 3.67. The van der Waals surface area contributed by atoms with Crippen molar-refractivity contribution >= 4 is 45.9 Å². The Morgan fingerprint density at radius 2 is 1.85 bits per heavy atom. The van der Waals surface area contributed by atoms with Crippen LogP contribution in [-0.4, -0.2) is 21.2 Å². The number of carbonyl (C=O) groups excluding carboxylic acids is 1. The minimum Gasteiger partial charge on any atom is -0.324 e. The third-order valence-electron chi connectivity index (χ3n) is 5.10. The molecule has 1 N–H and O–H groups in total. The van der Waals surface area contributed by atoms with Crippen LogP contribution in [0.3, 0.4) is 0 Å². The highest BCUT2D eigenvalue weighted by molar-refractivity contribution is 7.99. The molecule has 0 saturated carbocycles. The molecule has 5 nitrogen and oxygen atoms in total. The number of carbonyl (C=O) groups is 1. The van der Waals surface area contributed by atoms with Crippen LogP contribution >= 0.6 is 23.4 Å². The largest absolute Gasteiger partial charge is 0.324 e. The van der Waals surface area contributed by atoms with Crippen LogP contribution in [0.1, 0.15) is 25.3 Å². The summed E-state index contributed by atoms with van der Waals surface area (Å²) < 4.78 is 14.8. The maximum Gasteiger partial charge on any atom is 0.266 e. The Labute approximate surface area is 199 Å². The van der Waals surface area contributed by atoms with Gasteiger partial charge in [-0.15, -0.1) is 0 Å². The molecule has 1 amide bonds. The number of thioether (sulfide) groups is 1. The van der Waals surface area contributed by atoms with Crippen LogP contribution in [0, 0.1) is 5.82 Å². The molecule has 0 saturated heterocycles. The lowest BCUT2D eigenvalue weighted by Crippen LogP contribution is -2.23. The highest BCUT2D eigenvalue weighted by atomic mass is 35.5. The number of halogens is 2. The fourth-order valence-corrected chi connectivity index (χ4v) is 4.38. The molecule has 0 unspecified atom stereocenters. The first-order valence-corrected chi connectivity index (χ1v) is 11.7. The van der Waals surface area contributed by atoms with Gasteiger partial charge in [0.1, 0.15) is 5.82 Å². The third-order valence-corrected chi connectivity index (χ3v) is 6.35. The Bertz CT molecular complexity index is 1390. The summed E-state index contributed by atoms with van der Waals surface area (Å²) in [5.41, 5.74) is 2.50. The number of hydrogen-bond acceptors (Lipinski definition) is 4. The molecule has 0 aliphatic heterocycles. The lowest BCUT2D eigenvalue weighted by molar-refractivity contribution is -0.113. The van der Waals surface area contributed by atoms with Crippen LogP contribution in [-0.2, 0) is 4.79 Å². The van der Waals surface area contributed by atoms with E-state index in [0.29, 0.717) is 33.4 Å². The molecule has 33 heavy (non-hydrogen) atoms. The minimum atomic E-state index is -0.486. The Balaban J connectivity index is 1.66. The fourth-order valence-electron chi connectivity index (χ4n) is 3.35. The molecule has 1 heterocycles. The summed E-state index contributed by atoms with van der Waals surface area (Å²) in [7, 11) is 0. The van der Waals surface area contributed by atoms with E-state index in [1.165, 1.54) is 16.7 Å². The van der Waals surface area contributed by atoms with E-state index in [9.17, 15) is 14.0 Å². The Morgan fingerprint density at radius 1 is 1.12 bits per heavy atom. The maximum atomic E-state index is 13.3. The number of fused-ring (bicyclic) bond motifs is 1. The maximum absolute atomic E-state index is 13.3. The molecule has 4 aromatic rings. The van der Waals surface area contributed by atoms with Gasteiger partial charge in [0.2, 0.25) is 5.91 Å². The zero-order valence-corrected chi connectivity index (χ0v) is 19.6. The highest BCUT2D eigenvalue weighted by Gasteiger charge is 2.16. The quantitative estimate of drug-likeness (QED) is 0.269. The molecule has 4 rings (SSSR count). The van der Waals surface area contributed by atoms with Crippen LogP contribution in [0.5, 0.6) is 0 Å². The summed E-state index contributed by atoms with van der Waals surface area (Å²) >= 11 is 7.14. The van der Waals surface area contributed by atoms with E-state index >= 15 is 0 Å². The Hall–Kier alpha value is -3.16. The number of nitrogens with one attached hydrogen (secondary N) is 1. The van der Waals surface area contributed by atoms with Crippen LogP contribution in [0.25, 0.3) is 16.6 Å². The molecule has 0 radical (unpaired) electrons. The van der Waals surface area contributed by atoms with Crippen LogP contribution < -0.4 is 10.9 Å². The van der Waals surface area contributed by atoms with Crippen molar-refractivity contribution in [3.63, 3.8) is 0 Å². The van der Waals surface area contributed by atoms with Crippen molar-refractivity contribution < 1.29 is 9.18 Å². The smallest absolute Gasteiger partial charge is 0.266 e. The molecule has 0 bridgehead atoms. The fraction of sp³-hybridized carbons (Fsp3) is 0.160. The Morgan fingerprint density at radius 3 is 2.55 bits per heavy atom. The summed E-state index contributed by atoms with van der Waals surface area (Å²) in [4.78, 5) is 30.5. The number of anilines is 1. The van der Waals surface area contributed by atoms with Crippen LogP contribution in [0.2, 0.25) is 5.02 Å². The molecule has 0 spiro atoms. The second-order valence-electron chi connectivity index (χ2n) is 7.76. The van der Waals surface area contributed by atoms with Gasteiger partial charge in [0.15, 0.2) is 5.16 Å². The number of nitrogens with zero attached hydrogens (tertiary/aromatic N) is 2. The lowest BCUT2D eigenvalue weighted by atomic mass is 10.0. The van der Waals surface area contributed by atoms with Crippen molar-refractivity contribution in [1.29, 1.82) is 0 Å². The van der Waals surface area contributed by atoms with Gasteiger partial charge in [0.05, 0.1) is 33.1 Å². The van der Waals surface area contributed by atoms with E-state index < -0.39 is 5.82 Å². The van der Waals surface area contributed by atoms with E-state index in [1.54, 1.807) is 18.2 Å². The van der Waals surface area contributed by atoms with Crippen molar-refractivity contribution in [3.8, 4) is 5.69 Å². The molecule has 0 atom stereocenters. The van der Waals surface area contributed by atoms with E-state index in [-0.39, 0.29) is 22.2 Å². The normalized spacial score (nSPS) is 11.2. The number of rotatable bonds is 6. The first kappa shape index (κ1) is 23.0. The first-order chi connectivity index (χ1) is 15.8. The van der Waals surface area contributed by atoms with E-state index in [1.807, 2.05) is 30.3 Å². The molecule has 3 aromatic carbocycles. The van der Waals surface area contributed by atoms with Crippen molar-refractivity contribution in [3.05, 3.63) is 93.5 Å². The number of hydrogen-bond donors (Lipinski definition) is 1. The number of aromatic nitrogens is 2. The van der Waals surface area contributed by atoms with Gasteiger partial charge in [-0.25, -0.2) is 9.37 Å². The molecule has 0 fully saturated rings. The molecule has 168 valence electrons.